The molecule has 0 fully saturated rings. The lowest BCUT2D eigenvalue weighted by Crippen LogP contribution is -2.19. The normalized spacial score (nSPS) is 9.88. The zero-order chi connectivity index (χ0) is 12.0. The number of benzene rings is 1. The van der Waals surface area contributed by atoms with Crippen LogP contribution in [0, 0.1) is 0 Å². The third-order valence-corrected chi connectivity index (χ3v) is 3.13. The van der Waals surface area contributed by atoms with Crippen molar-refractivity contribution in [3.8, 4) is 5.75 Å². The molecule has 1 N–H and O–H groups in total. The van der Waals surface area contributed by atoms with Gasteiger partial charge in [0, 0.05) is 30.2 Å². The van der Waals surface area contributed by atoms with Gasteiger partial charge in [-0.3, -0.25) is 0 Å². The summed E-state index contributed by atoms with van der Waals surface area (Å²) in [5.41, 5.74) is 1.11. The maximum atomic E-state index is 5.35. The van der Waals surface area contributed by atoms with E-state index in [1.807, 2.05) is 12.1 Å². The molecule has 0 saturated heterocycles. The molecule has 0 aliphatic rings. The standard InChI is InChI=1S/C11H15Br2NO2.ClH/c1-15-4-3-14-7-8-5-9(12)6-10(13)11(8)16-2;/h5-6,14H,3-4,7H2,1-2H3;1H. The summed E-state index contributed by atoms with van der Waals surface area (Å²) in [6.45, 7) is 2.28. The first-order valence-corrected chi connectivity index (χ1v) is 6.49. The molecule has 0 aliphatic carbocycles. The zero-order valence-corrected chi connectivity index (χ0v) is 13.7. The van der Waals surface area contributed by atoms with Crippen molar-refractivity contribution in [1.29, 1.82) is 0 Å². The van der Waals surface area contributed by atoms with Crippen LogP contribution in [0.4, 0.5) is 0 Å². The van der Waals surface area contributed by atoms with E-state index in [1.165, 1.54) is 0 Å². The van der Waals surface area contributed by atoms with E-state index in [1.54, 1.807) is 14.2 Å². The van der Waals surface area contributed by atoms with Gasteiger partial charge in [0.15, 0.2) is 0 Å². The third kappa shape index (κ3) is 5.57. The van der Waals surface area contributed by atoms with Gasteiger partial charge >= 0.3 is 0 Å². The summed E-state index contributed by atoms with van der Waals surface area (Å²) in [5.74, 6) is 0.869. The molecule has 0 radical (unpaired) electrons. The van der Waals surface area contributed by atoms with Gasteiger partial charge in [0.05, 0.1) is 18.2 Å². The molecule has 3 nitrogen and oxygen atoms in total. The number of hydrogen-bond acceptors (Lipinski definition) is 3. The second kappa shape index (κ2) is 9.16. The van der Waals surface area contributed by atoms with Gasteiger partial charge in [0.2, 0.25) is 0 Å². The molecule has 0 aliphatic heterocycles. The minimum absolute atomic E-state index is 0. The fraction of sp³-hybridized carbons (Fsp3) is 0.455. The summed E-state index contributed by atoms with van der Waals surface area (Å²) in [7, 11) is 3.37. The highest BCUT2D eigenvalue weighted by molar-refractivity contribution is 9.11. The summed E-state index contributed by atoms with van der Waals surface area (Å²) in [6.07, 6.45) is 0. The zero-order valence-electron chi connectivity index (χ0n) is 9.76. The van der Waals surface area contributed by atoms with Crippen LogP contribution in [-0.2, 0) is 11.3 Å². The van der Waals surface area contributed by atoms with Gasteiger partial charge in [-0.1, -0.05) is 15.9 Å². The van der Waals surface area contributed by atoms with Gasteiger partial charge in [0.25, 0.3) is 0 Å². The van der Waals surface area contributed by atoms with Gasteiger partial charge < -0.3 is 14.8 Å². The van der Waals surface area contributed by atoms with E-state index in [0.717, 1.165) is 33.3 Å². The largest absolute Gasteiger partial charge is 0.495 e. The molecular formula is C11H16Br2ClNO2. The minimum Gasteiger partial charge on any atom is -0.495 e. The summed E-state index contributed by atoms with van der Waals surface area (Å²) in [4.78, 5) is 0. The Bertz CT molecular complexity index is 350. The topological polar surface area (TPSA) is 30.5 Å². The van der Waals surface area contributed by atoms with Crippen LogP contribution in [0.15, 0.2) is 21.1 Å². The Labute approximate surface area is 125 Å². The molecule has 1 rings (SSSR count). The first-order chi connectivity index (χ1) is 7.69. The highest BCUT2D eigenvalue weighted by atomic mass is 79.9. The Morgan fingerprint density at radius 2 is 1.94 bits per heavy atom. The average molecular weight is 390 g/mol. The van der Waals surface area contributed by atoms with E-state index in [-0.39, 0.29) is 12.4 Å². The SMILES string of the molecule is COCCNCc1cc(Br)cc(Br)c1OC.Cl. The molecule has 98 valence electrons. The van der Waals surface area contributed by atoms with Gasteiger partial charge in [-0.15, -0.1) is 12.4 Å². The number of ether oxygens (including phenoxy) is 2. The minimum atomic E-state index is 0. The molecule has 0 bridgehead atoms. The van der Waals surface area contributed by atoms with Crippen molar-refractivity contribution >= 4 is 44.3 Å². The molecule has 0 saturated carbocycles. The van der Waals surface area contributed by atoms with Gasteiger partial charge in [-0.2, -0.15) is 0 Å². The third-order valence-electron chi connectivity index (χ3n) is 2.09. The number of hydrogen-bond donors (Lipinski definition) is 1. The van der Waals surface area contributed by atoms with Crippen LogP contribution in [0.25, 0.3) is 0 Å². The quantitative estimate of drug-likeness (QED) is 0.757. The molecular weight excluding hydrogens is 373 g/mol. The Hall–Kier alpha value is 0.190. The molecule has 0 heterocycles. The van der Waals surface area contributed by atoms with Crippen LogP contribution in [0.3, 0.4) is 0 Å². The van der Waals surface area contributed by atoms with E-state index < -0.39 is 0 Å². The molecule has 6 heteroatoms. The summed E-state index contributed by atoms with van der Waals surface area (Å²) in [6, 6.07) is 4.01. The van der Waals surface area contributed by atoms with Crippen LogP contribution < -0.4 is 10.1 Å². The van der Waals surface area contributed by atoms with Gasteiger partial charge in [-0.05, 0) is 28.1 Å². The number of halogens is 3. The first kappa shape index (κ1) is 17.2. The molecule has 0 atom stereocenters. The molecule has 17 heavy (non-hydrogen) atoms. The Morgan fingerprint density at radius 3 is 2.53 bits per heavy atom. The maximum Gasteiger partial charge on any atom is 0.137 e. The van der Waals surface area contributed by atoms with E-state index in [4.69, 9.17) is 9.47 Å². The van der Waals surface area contributed by atoms with E-state index in [0.29, 0.717) is 6.61 Å². The average Bonchev–Trinajstić information content (AvgIpc) is 2.24. The predicted molar refractivity (Wildman–Crippen MR) is 79.2 cm³/mol. The Kier molecular flexibility index (Phi) is 9.27. The van der Waals surface area contributed by atoms with Crippen LogP contribution in [0.1, 0.15) is 5.56 Å². The highest BCUT2D eigenvalue weighted by Crippen LogP contribution is 2.32. The van der Waals surface area contributed by atoms with Crippen molar-refractivity contribution < 1.29 is 9.47 Å². The van der Waals surface area contributed by atoms with Crippen LogP contribution in [-0.4, -0.2) is 27.4 Å². The second-order valence-corrected chi connectivity index (χ2v) is 5.02. The summed E-state index contributed by atoms with van der Waals surface area (Å²) in [5, 5.41) is 3.29. The van der Waals surface area contributed by atoms with Gasteiger partial charge in [-0.25, -0.2) is 0 Å². The second-order valence-electron chi connectivity index (χ2n) is 3.25. The summed E-state index contributed by atoms with van der Waals surface area (Å²) < 4.78 is 12.3. The monoisotopic (exact) mass is 387 g/mol. The molecule has 1 aromatic rings. The van der Waals surface area contributed by atoms with E-state index in [9.17, 15) is 0 Å². The van der Waals surface area contributed by atoms with Gasteiger partial charge in [0.1, 0.15) is 5.75 Å². The summed E-state index contributed by atoms with van der Waals surface area (Å²) >= 11 is 6.93. The molecule has 0 aromatic heterocycles. The lowest BCUT2D eigenvalue weighted by atomic mass is 10.2. The maximum absolute atomic E-state index is 5.35. The molecule has 0 spiro atoms. The van der Waals surface area contributed by atoms with Crippen molar-refractivity contribution in [3.05, 3.63) is 26.6 Å². The fourth-order valence-electron chi connectivity index (χ4n) is 1.37. The Morgan fingerprint density at radius 1 is 1.24 bits per heavy atom. The van der Waals surface area contributed by atoms with Crippen molar-refractivity contribution in [2.75, 3.05) is 27.4 Å². The van der Waals surface area contributed by atoms with Crippen molar-refractivity contribution in [2.24, 2.45) is 0 Å². The first-order valence-electron chi connectivity index (χ1n) is 4.90. The highest BCUT2D eigenvalue weighted by Gasteiger charge is 2.08. The van der Waals surface area contributed by atoms with E-state index >= 15 is 0 Å². The van der Waals surface area contributed by atoms with Crippen LogP contribution >= 0.6 is 44.3 Å². The number of nitrogens with one attached hydrogen (secondary N) is 1. The lowest BCUT2D eigenvalue weighted by Gasteiger charge is -2.12. The molecule has 0 unspecified atom stereocenters. The van der Waals surface area contributed by atoms with Crippen molar-refractivity contribution in [3.63, 3.8) is 0 Å². The van der Waals surface area contributed by atoms with Crippen molar-refractivity contribution in [1.82, 2.24) is 5.32 Å². The van der Waals surface area contributed by atoms with Crippen molar-refractivity contribution in [2.45, 2.75) is 6.54 Å². The van der Waals surface area contributed by atoms with Crippen LogP contribution in [0.2, 0.25) is 0 Å². The Balaban J connectivity index is 0.00000256. The smallest absolute Gasteiger partial charge is 0.137 e. The number of rotatable bonds is 6. The number of methoxy groups -OCH3 is 2. The lowest BCUT2D eigenvalue weighted by molar-refractivity contribution is 0.199. The fourth-order valence-corrected chi connectivity index (χ4v) is 2.85. The van der Waals surface area contributed by atoms with E-state index in [2.05, 4.69) is 37.2 Å². The van der Waals surface area contributed by atoms with Crippen LogP contribution in [0.5, 0.6) is 5.75 Å². The molecule has 1 aromatic carbocycles. The molecule has 0 amide bonds. The predicted octanol–water partition coefficient (Wildman–Crippen LogP) is 3.38.